The third-order valence-corrected chi connectivity index (χ3v) is 3.87. The Morgan fingerprint density at radius 2 is 2.05 bits per heavy atom. The molecule has 108 valence electrons. The van der Waals surface area contributed by atoms with Crippen molar-refractivity contribution >= 4 is 10.0 Å². The lowest BCUT2D eigenvalue weighted by molar-refractivity contribution is -0.0618. The lowest BCUT2D eigenvalue weighted by Crippen LogP contribution is -2.44. The zero-order chi connectivity index (χ0) is 13.9. The zero-order valence-electron chi connectivity index (χ0n) is 10.5. The Labute approximate surface area is 111 Å². The molecule has 1 fully saturated rings. The highest BCUT2D eigenvalue weighted by Crippen LogP contribution is 2.19. The Bertz CT molecular complexity index is 519. The van der Waals surface area contributed by atoms with E-state index < -0.39 is 15.6 Å². The molecule has 0 spiro atoms. The lowest BCUT2D eigenvalue weighted by atomic mass is 9.94. The van der Waals surface area contributed by atoms with Crippen LogP contribution in [0, 0.1) is 0 Å². The SMILES string of the molecule is NS(=O)(=O)c1ccc(CNCC2(O)CCOCC2)o1. The number of aliphatic hydroxyl groups is 1. The Morgan fingerprint density at radius 1 is 1.37 bits per heavy atom. The molecule has 8 heteroatoms. The summed E-state index contributed by atoms with van der Waals surface area (Å²) in [6.07, 6.45) is 1.17. The van der Waals surface area contributed by atoms with E-state index in [-0.39, 0.29) is 5.09 Å². The topological polar surface area (TPSA) is 115 Å². The van der Waals surface area contributed by atoms with Crippen molar-refractivity contribution in [3.05, 3.63) is 17.9 Å². The molecular formula is C11H18N2O5S. The minimum atomic E-state index is -3.80. The third kappa shape index (κ3) is 4.02. The van der Waals surface area contributed by atoms with E-state index in [4.69, 9.17) is 14.3 Å². The van der Waals surface area contributed by atoms with Crippen molar-refractivity contribution in [2.45, 2.75) is 30.1 Å². The molecule has 0 bridgehead atoms. The molecular weight excluding hydrogens is 272 g/mol. The maximum Gasteiger partial charge on any atom is 0.271 e. The summed E-state index contributed by atoms with van der Waals surface area (Å²) in [5, 5.41) is 17.9. The van der Waals surface area contributed by atoms with Crippen molar-refractivity contribution in [2.24, 2.45) is 5.14 Å². The van der Waals surface area contributed by atoms with Gasteiger partial charge in [-0.3, -0.25) is 0 Å². The van der Waals surface area contributed by atoms with Gasteiger partial charge in [-0.25, -0.2) is 13.6 Å². The number of primary sulfonamides is 1. The minimum Gasteiger partial charge on any atom is -0.447 e. The van der Waals surface area contributed by atoms with E-state index in [1.54, 1.807) is 6.07 Å². The number of sulfonamides is 1. The number of ether oxygens (including phenoxy) is 1. The molecule has 7 nitrogen and oxygen atoms in total. The summed E-state index contributed by atoms with van der Waals surface area (Å²) in [6.45, 7) is 1.84. The van der Waals surface area contributed by atoms with Gasteiger partial charge in [-0.1, -0.05) is 0 Å². The largest absolute Gasteiger partial charge is 0.447 e. The summed E-state index contributed by atoms with van der Waals surface area (Å²) >= 11 is 0. The van der Waals surface area contributed by atoms with E-state index in [0.29, 0.717) is 44.9 Å². The van der Waals surface area contributed by atoms with Gasteiger partial charge in [-0.05, 0) is 12.1 Å². The summed E-state index contributed by atoms with van der Waals surface area (Å²) in [5.74, 6) is 0.458. The molecule has 1 aliphatic heterocycles. The zero-order valence-corrected chi connectivity index (χ0v) is 11.3. The first-order valence-electron chi connectivity index (χ1n) is 6.01. The van der Waals surface area contributed by atoms with E-state index in [2.05, 4.69) is 5.32 Å². The fourth-order valence-electron chi connectivity index (χ4n) is 1.95. The molecule has 19 heavy (non-hydrogen) atoms. The van der Waals surface area contributed by atoms with Gasteiger partial charge >= 0.3 is 0 Å². The van der Waals surface area contributed by atoms with Gasteiger partial charge in [0.2, 0.25) is 5.09 Å². The number of hydrogen-bond acceptors (Lipinski definition) is 6. The third-order valence-electron chi connectivity index (χ3n) is 3.09. The van der Waals surface area contributed by atoms with Gasteiger partial charge in [0.25, 0.3) is 10.0 Å². The molecule has 0 aliphatic carbocycles. The second-order valence-corrected chi connectivity index (χ2v) is 6.20. The van der Waals surface area contributed by atoms with Crippen molar-refractivity contribution in [1.29, 1.82) is 0 Å². The Balaban J connectivity index is 1.84. The summed E-state index contributed by atoms with van der Waals surface area (Å²) in [5.41, 5.74) is -0.770. The molecule has 2 heterocycles. The molecule has 0 aromatic carbocycles. The number of hydrogen-bond donors (Lipinski definition) is 3. The first kappa shape index (κ1) is 14.5. The van der Waals surface area contributed by atoms with Crippen LogP contribution in [-0.4, -0.2) is 38.9 Å². The van der Waals surface area contributed by atoms with Gasteiger partial charge in [0, 0.05) is 32.6 Å². The van der Waals surface area contributed by atoms with Gasteiger partial charge in [-0.2, -0.15) is 0 Å². The van der Waals surface area contributed by atoms with Crippen molar-refractivity contribution in [1.82, 2.24) is 5.32 Å². The van der Waals surface area contributed by atoms with Gasteiger partial charge < -0.3 is 19.6 Å². The van der Waals surface area contributed by atoms with Crippen LogP contribution in [0.1, 0.15) is 18.6 Å². The number of nitrogens with two attached hydrogens (primary N) is 1. The summed E-state index contributed by atoms with van der Waals surface area (Å²) in [4.78, 5) is 0. The van der Waals surface area contributed by atoms with Crippen LogP contribution >= 0.6 is 0 Å². The maximum absolute atomic E-state index is 11.0. The molecule has 4 N–H and O–H groups in total. The van der Waals surface area contributed by atoms with E-state index in [1.807, 2.05) is 0 Å². The number of rotatable bonds is 5. The average molecular weight is 290 g/mol. The minimum absolute atomic E-state index is 0.255. The second-order valence-electron chi connectivity index (χ2n) is 4.71. The maximum atomic E-state index is 11.0. The summed E-state index contributed by atoms with van der Waals surface area (Å²) in [6, 6.07) is 2.86. The summed E-state index contributed by atoms with van der Waals surface area (Å²) in [7, 11) is -3.80. The normalized spacial score (nSPS) is 19.5. The first-order valence-corrected chi connectivity index (χ1v) is 7.56. The smallest absolute Gasteiger partial charge is 0.271 e. The van der Waals surface area contributed by atoms with Crippen LogP contribution in [0.4, 0.5) is 0 Å². The van der Waals surface area contributed by atoms with Gasteiger partial charge in [0.05, 0.1) is 12.1 Å². The fraction of sp³-hybridized carbons (Fsp3) is 0.636. The van der Waals surface area contributed by atoms with Crippen LogP contribution in [0.3, 0.4) is 0 Å². The van der Waals surface area contributed by atoms with Crippen LogP contribution < -0.4 is 10.5 Å². The standard InChI is InChI=1S/C11H18N2O5S/c12-19(15,16)10-2-1-9(18-10)7-13-8-11(14)3-5-17-6-4-11/h1-2,13-14H,3-8H2,(H2,12,15,16). The highest BCUT2D eigenvalue weighted by molar-refractivity contribution is 7.89. The quantitative estimate of drug-likeness (QED) is 0.677. The molecule has 0 amide bonds. The molecule has 1 aromatic rings. The predicted molar refractivity (Wildman–Crippen MR) is 66.8 cm³/mol. The van der Waals surface area contributed by atoms with Crippen LogP contribution in [0.25, 0.3) is 0 Å². The molecule has 1 saturated heterocycles. The Morgan fingerprint density at radius 3 is 2.63 bits per heavy atom. The van der Waals surface area contributed by atoms with Crippen molar-refractivity contribution in [2.75, 3.05) is 19.8 Å². The second kappa shape index (κ2) is 5.59. The monoisotopic (exact) mass is 290 g/mol. The molecule has 0 unspecified atom stereocenters. The average Bonchev–Trinajstić information content (AvgIpc) is 2.78. The highest BCUT2D eigenvalue weighted by atomic mass is 32.2. The molecule has 2 rings (SSSR count). The van der Waals surface area contributed by atoms with Gasteiger partial charge in [-0.15, -0.1) is 0 Å². The van der Waals surface area contributed by atoms with E-state index in [9.17, 15) is 13.5 Å². The molecule has 1 aromatic heterocycles. The van der Waals surface area contributed by atoms with Gasteiger partial charge in [0.1, 0.15) is 5.76 Å². The number of nitrogens with one attached hydrogen (secondary N) is 1. The van der Waals surface area contributed by atoms with E-state index in [1.165, 1.54) is 6.07 Å². The number of furan rings is 1. The van der Waals surface area contributed by atoms with E-state index >= 15 is 0 Å². The summed E-state index contributed by atoms with van der Waals surface area (Å²) < 4.78 is 32.3. The molecule has 0 saturated carbocycles. The molecule has 0 atom stereocenters. The van der Waals surface area contributed by atoms with Crippen LogP contribution in [-0.2, 0) is 21.3 Å². The van der Waals surface area contributed by atoms with Crippen molar-refractivity contribution in [3.63, 3.8) is 0 Å². The van der Waals surface area contributed by atoms with Gasteiger partial charge in [0.15, 0.2) is 0 Å². The van der Waals surface area contributed by atoms with Crippen molar-refractivity contribution < 1.29 is 22.7 Å². The first-order chi connectivity index (χ1) is 8.89. The van der Waals surface area contributed by atoms with Crippen molar-refractivity contribution in [3.8, 4) is 0 Å². The lowest BCUT2D eigenvalue weighted by Gasteiger charge is -2.32. The van der Waals surface area contributed by atoms with Crippen LogP contribution in [0.5, 0.6) is 0 Å². The predicted octanol–water partition coefficient (Wildman–Crippen LogP) is -0.442. The fourth-order valence-corrected chi connectivity index (χ4v) is 2.43. The van der Waals surface area contributed by atoms with Crippen LogP contribution in [0.15, 0.2) is 21.6 Å². The highest BCUT2D eigenvalue weighted by Gasteiger charge is 2.29. The Kier molecular flexibility index (Phi) is 4.26. The van der Waals surface area contributed by atoms with E-state index in [0.717, 1.165) is 0 Å². The Hall–Kier alpha value is -0.930. The molecule has 0 radical (unpaired) electrons. The molecule has 1 aliphatic rings. The van der Waals surface area contributed by atoms with Crippen LogP contribution in [0.2, 0.25) is 0 Å².